The van der Waals surface area contributed by atoms with Crippen molar-refractivity contribution >= 4 is 39.4 Å². The van der Waals surface area contributed by atoms with E-state index in [0.29, 0.717) is 23.7 Å². The van der Waals surface area contributed by atoms with Crippen molar-refractivity contribution in [2.24, 2.45) is 5.73 Å². The van der Waals surface area contributed by atoms with Gasteiger partial charge in [-0.05, 0) is 30.2 Å². The molecule has 0 unspecified atom stereocenters. The quantitative estimate of drug-likeness (QED) is 0.363. The molecule has 0 spiro atoms. The fourth-order valence-electron chi connectivity index (χ4n) is 3.18. The van der Waals surface area contributed by atoms with Crippen LogP contribution < -0.4 is 11.1 Å². The highest BCUT2D eigenvalue weighted by Gasteiger charge is 2.15. The molecule has 4 aromatic rings. The molecular weight excluding hydrogens is 410 g/mol. The zero-order valence-corrected chi connectivity index (χ0v) is 17.4. The highest BCUT2D eigenvalue weighted by molar-refractivity contribution is 7.18. The van der Waals surface area contributed by atoms with Crippen LogP contribution in [0, 0.1) is 0 Å². The Kier molecular flexibility index (Phi) is 6.30. The number of anilines is 1. The molecule has 0 saturated heterocycles. The van der Waals surface area contributed by atoms with Gasteiger partial charge in [-0.15, -0.1) is 11.3 Å². The van der Waals surface area contributed by atoms with Gasteiger partial charge in [0.2, 0.25) is 0 Å². The van der Waals surface area contributed by atoms with Crippen LogP contribution in [-0.4, -0.2) is 38.6 Å². The molecule has 7 nitrogen and oxygen atoms in total. The lowest BCUT2D eigenvalue weighted by molar-refractivity contribution is -0.131. The van der Waals surface area contributed by atoms with Crippen LogP contribution in [0.4, 0.5) is 5.82 Å². The Morgan fingerprint density at radius 3 is 2.68 bits per heavy atom. The SMILES string of the molecule is N[C@@H](CNc1nc(-c2ccncc2)nc2c(/C=C/C(=O)O)csc12)Cc1ccccc1. The van der Waals surface area contributed by atoms with E-state index in [4.69, 9.17) is 20.8 Å². The Morgan fingerprint density at radius 1 is 1.16 bits per heavy atom. The summed E-state index contributed by atoms with van der Waals surface area (Å²) in [5.74, 6) is 0.214. The first-order valence-corrected chi connectivity index (χ1v) is 10.6. The average Bonchev–Trinajstić information content (AvgIpc) is 3.20. The molecule has 0 saturated carbocycles. The van der Waals surface area contributed by atoms with Crippen LogP contribution in [0.25, 0.3) is 27.7 Å². The van der Waals surface area contributed by atoms with Gasteiger partial charge in [0.1, 0.15) is 5.82 Å². The number of nitrogens with two attached hydrogens (primary N) is 1. The summed E-state index contributed by atoms with van der Waals surface area (Å²) in [6, 6.07) is 13.7. The number of rotatable bonds is 8. The molecular formula is C23H21N5O2S. The molecule has 0 aliphatic heterocycles. The normalized spacial score (nSPS) is 12.3. The first-order chi connectivity index (χ1) is 15.1. The van der Waals surface area contributed by atoms with Crippen molar-refractivity contribution in [3.05, 3.63) is 77.4 Å². The predicted molar refractivity (Wildman–Crippen MR) is 124 cm³/mol. The maximum Gasteiger partial charge on any atom is 0.328 e. The lowest BCUT2D eigenvalue weighted by Crippen LogP contribution is -2.31. The van der Waals surface area contributed by atoms with Crippen LogP contribution in [0.2, 0.25) is 0 Å². The van der Waals surface area contributed by atoms with Crippen molar-refractivity contribution < 1.29 is 9.90 Å². The molecule has 0 aliphatic carbocycles. The van der Waals surface area contributed by atoms with Crippen molar-refractivity contribution in [3.63, 3.8) is 0 Å². The van der Waals surface area contributed by atoms with E-state index >= 15 is 0 Å². The first kappa shape index (κ1) is 20.6. The molecule has 4 rings (SSSR count). The van der Waals surface area contributed by atoms with E-state index in [2.05, 4.69) is 22.4 Å². The number of hydrogen-bond donors (Lipinski definition) is 3. The van der Waals surface area contributed by atoms with Gasteiger partial charge in [-0.1, -0.05) is 30.3 Å². The number of hydrogen-bond acceptors (Lipinski definition) is 7. The van der Waals surface area contributed by atoms with E-state index in [0.717, 1.165) is 28.3 Å². The fourth-order valence-corrected chi connectivity index (χ4v) is 4.12. The van der Waals surface area contributed by atoms with Crippen molar-refractivity contribution in [3.8, 4) is 11.4 Å². The third-order valence-electron chi connectivity index (χ3n) is 4.66. The summed E-state index contributed by atoms with van der Waals surface area (Å²) in [6.45, 7) is 0.537. The Morgan fingerprint density at radius 2 is 1.94 bits per heavy atom. The molecule has 3 aromatic heterocycles. The number of aromatic nitrogens is 3. The molecule has 0 bridgehead atoms. The predicted octanol–water partition coefficient (Wildman–Crippen LogP) is 3.83. The van der Waals surface area contributed by atoms with E-state index in [-0.39, 0.29) is 6.04 Å². The van der Waals surface area contributed by atoms with Crippen LogP contribution in [0.3, 0.4) is 0 Å². The second-order valence-corrected chi connectivity index (χ2v) is 7.88. The largest absolute Gasteiger partial charge is 0.478 e. The van der Waals surface area contributed by atoms with E-state index in [1.54, 1.807) is 18.5 Å². The second kappa shape index (κ2) is 9.46. The summed E-state index contributed by atoms with van der Waals surface area (Å²) in [7, 11) is 0. The zero-order chi connectivity index (χ0) is 21.6. The number of nitrogens with one attached hydrogen (secondary N) is 1. The topological polar surface area (TPSA) is 114 Å². The molecule has 0 radical (unpaired) electrons. The average molecular weight is 432 g/mol. The molecule has 4 N–H and O–H groups in total. The number of carboxylic acid groups (broad SMARTS) is 1. The first-order valence-electron chi connectivity index (χ1n) is 9.74. The maximum absolute atomic E-state index is 11.0. The maximum atomic E-state index is 11.0. The summed E-state index contributed by atoms with van der Waals surface area (Å²) in [4.78, 5) is 24.4. The molecule has 156 valence electrons. The monoisotopic (exact) mass is 431 g/mol. The van der Waals surface area contributed by atoms with Crippen LogP contribution >= 0.6 is 11.3 Å². The van der Waals surface area contributed by atoms with Gasteiger partial charge >= 0.3 is 5.97 Å². The second-order valence-electron chi connectivity index (χ2n) is 7.00. The number of pyridine rings is 1. The van der Waals surface area contributed by atoms with E-state index in [9.17, 15) is 4.79 Å². The summed E-state index contributed by atoms with van der Waals surface area (Å²) >= 11 is 1.47. The van der Waals surface area contributed by atoms with E-state index < -0.39 is 5.97 Å². The number of benzene rings is 1. The summed E-state index contributed by atoms with van der Waals surface area (Å²) < 4.78 is 0.856. The minimum Gasteiger partial charge on any atom is -0.478 e. The number of thiophene rings is 1. The Hall–Kier alpha value is -3.62. The molecule has 1 aromatic carbocycles. The Labute approximate surface area is 183 Å². The molecule has 0 amide bonds. The van der Waals surface area contributed by atoms with Gasteiger partial charge in [0.25, 0.3) is 0 Å². The third-order valence-corrected chi connectivity index (χ3v) is 5.65. The van der Waals surface area contributed by atoms with Crippen LogP contribution in [0.15, 0.2) is 66.3 Å². The Bertz CT molecular complexity index is 1210. The number of fused-ring (bicyclic) bond motifs is 1. The van der Waals surface area contributed by atoms with Gasteiger partial charge < -0.3 is 16.2 Å². The zero-order valence-electron chi connectivity index (χ0n) is 16.6. The minimum absolute atomic E-state index is 0.0943. The lowest BCUT2D eigenvalue weighted by atomic mass is 10.1. The van der Waals surface area contributed by atoms with Crippen LogP contribution in [0.1, 0.15) is 11.1 Å². The minimum atomic E-state index is -1.01. The summed E-state index contributed by atoms with van der Waals surface area (Å²) in [5.41, 5.74) is 9.78. The fraction of sp³-hybridized carbons (Fsp3) is 0.130. The van der Waals surface area contributed by atoms with Gasteiger partial charge in [0.05, 0.1) is 10.2 Å². The molecule has 31 heavy (non-hydrogen) atoms. The van der Waals surface area contributed by atoms with E-state index in [1.165, 1.54) is 16.9 Å². The third kappa shape index (κ3) is 5.11. The number of carbonyl (C=O) groups is 1. The number of nitrogens with zero attached hydrogens (tertiary/aromatic N) is 3. The number of carboxylic acids is 1. The summed E-state index contributed by atoms with van der Waals surface area (Å²) in [5, 5.41) is 14.2. The van der Waals surface area contributed by atoms with Crippen molar-refractivity contribution in [1.82, 2.24) is 15.0 Å². The molecule has 0 aliphatic rings. The highest BCUT2D eigenvalue weighted by Crippen LogP contribution is 2.33. The van der Waals surface area contributed by atoms with Gasteiger partial charge in [-0.3, -0.25) is 4.98 Å². The molecule has 3 heterocycles. The van der Waals surface area contributed by atoms with Crippen molar-refractivity contribution in [2.45, 2.75) is 12.5 Å². The van der Waals surface area contributed by atoms with Gasteiger partial charge in [0.15, 0.2) is 5.82 Å². The van der Waals surface area contributed by atoms with Crippen molar-refractivity contribution in [1.29, 1.82) is 0 Å². The number of aliphatic carboxylic acids is 1. The highest BCUT2D eigenvalue weighted by atomic mass is 32.1. The molecule has 8 heteroatoms. The van der Waals surface area contributed by atoms with E-state index in [1.807, 2.05) is 35.7 Å². The molecule has 0 fully saturated rings. The van der Waals surface area contributed by atoms with Crippen molar-refractivity contribution in [2.75, 3.05) is 11.9 Å². The van der Waals surface area contributed by atoms with Crippen LogP contribution in [-0.2, 0) is 11.2 Å². The standard InChI is InChI=1S/C23H21N5O2S/c24-18(12-15-4-2-1-3-5-15)13-26-23-21-20(17(14-31-21)6-7-19(29)30)27-22(28-23)16-8-10-25-11-9-16/h1-11,14,18H,12-13,24H2,(H,29,30)(H,26,27,28)/b7-6+/t18-/m1/s1. The van der Waals surface area contributed by atoms with Gasteiger partial charge in [0, 0.05) is 47.6 Å². The van der Waals surface area contributed by atoms with Gasteiger partial charge in [-0.25, -0.2) is 14.8 Å². The smallest absolute Gasteiger partial charge is 0.328 e. The lowest BCUT2D eigenvalue weighted by Gasteiger charge is -2.14. The summed E-state index contributed by atoms with van der Waals surface area (Å²) in [6.07, 6.45) is 6.78. The van der Waals surface area contributed by atoms with Gasteiger partial charge in [-0.2, -0.15) is 0 Å². The Balaban J connectivity index is 1.65. The van der Waals surface area contributed by atoms with Crippen LogP contribution in [0.5, 0.6) is 0 Å². The molecule has 1 atom stereocenters.